The molecule has 1 amide bonds. The Bertz CT molecular complexity index is 649. The lowest BCUT2D eigenvalue weighted by Crippen LogP contribution is -2.46. The summed E-state index contributed by atoms with van der Waals surface area (Å²) in [4.78, 5) is 12.3. The molecule has 0 aliphatic carbocycles. The van der Waals surface area contributed by atoms with Crippen LogP contribution in [0.5, 0.6) is 0 Å². The Morgan fingerprint density at radius 2 is 2.08 bits per heavy atom. The number of nitrogens with zero attached hydrogens (tertiary/aromatic N) is 1. The van der Waals surface area contributed by atoms with Crippen molar-refractivity contribution in [2.45, 2.75) is 19.4 Å². The van der Waals surface area contributed by atoms with Crippen LogP contribution in [0.2, 0.25) is 5.02 Å². The van der Waals surface area contributed by atoms with Crippen molar-refractivity contribution in [3.8, 4) is 0 Å². The first-order chi connectivity index (χ1) is 11.4. The third kappa shape index (κ3) is 5.44. The van der Waals surface area contributed by atoms with Crippen molar-refractivity contribution in [2.24, 2.45) is 5.92 Å². The van der Waals surface area contributed by atoms with Crippen LogP contribution >= 0.6 is 11.6 Å². The van der Waals surface area contributed by atoms with Crippen LogP contribution in [0.3, 0.4) is 0 Å². The van der Waals surface area contributed by atoms with Gasteiger partial charge in [0.25, 0.3) is 0 Å². The molecule has 1 unspecified atom stereocenters. The number of amides is 1. The van der Waals surface area contributed by atoms with Crippen molar-refractivity contribution >= 4 is 27.5 Å². The summed E-state index contributed by atoms with van der Waals surface area (Å²) >= 11 is 5.83. The molecule has 1 aromatic carbocycles. The minimum Gasteiger partial charge on any atom is -0.384 e. The molecule has 0 bridgehead atoms. The molecule has 1 aliphatic heterocycles. The van der Waals surface area contributed by atoms with Crippen LogP contribution in [-0.4, -0.2) is 51.2 Å². The zero-order valence-corrected chi connectivity index (χ0v) is 15.3. The number of halogens is 1. The van der Waals surface area contributed by atoms with Gasteiger partial charge in [-0.1, -0.05) is 23.7 Å². The molecule has 6 nitrogen and oxygen atoms in total. The third-order valence-electron chi connectivity index (χ3n) is 4.07. The van der Waals surface area contributed by atoms with Crippen LogP contribution < -0.4 is 5.32 Å². The Kier molecular flexibility index (Phi) is 7.03. The SMILES string of the molecule is COCCS(=O)(=O)N1CCCC(C(=O)NCc2ccc(Cl)cc2)C1. The number of nitrogens with one attached hydrogen (secondary N) is 1. The molecule has 1 atom stereocenters. The summed E-state index contributed by atoms with van der Waals surface area (Å²) in [6, 6.07) is 7.25. The summed E-state index contributed by atoms with van der Waals surface area (Å²) in [6.45, 7) is 1.26. The average Bonchev–Trinajstić information content (AvgIpc) is 2.59. The molecule has 1 saturated heterocycles. The van der Waals surface area contributed by atoms with E-state index >= 15 is 0 Å². The number of piperidine rings is 1. The van der Waals surface area contributed by atoms with Crippen molar-refractivity contribution in [1.29, 1.82) is 0 Å². The Hall–Kier alpha value is -1.15. The van der Waals surface area contributed by atoms with Gasteiger partial charge in [0.05, 0.1) is 18.3 Å². The zero-order valence-electron chi connectivity index (χ0n) is 13.7. The van der Waals surface area contributed by atoms with E-state index in [-0.39, 0.29) is 30.7 Å². The van der Waals surface area contributed by atoms with Gasteiger partial charge in [-0.15, -0.1) is 0 Å². The first kappa shape index (κ1) is 19.2. The number of rotatable bonds is 7. The highest BCUT2D eigenvalue weighted by Gasteiger charge is 2.31. The second-order valence-corrected chi connectivity index (χ2v) is 8.38. The van der Waals surface area contributed by atoms with Gasteiger partial charge in [-0.25, -0.2) is 12.7 Å². The van der Waals surface area contributed by atoms with Gasteiger partial charge in [0.1, 0.15) is 0 Å². The fourth-order valence-electron chi connectivity index (χ4n) is 2.66. The molecule has 134 valence electrons. The highest BCUT2D eigenvalue weighted by atomic mass is 35.5. The average molecular weight is 375 g/mol. The van der Waals surface area contributed by atoms with E-state index in [0.717, 1.165) is 5.56 Å². The molecule has 0 radical (unpaired) electrons. The van der Waals surface area contributed by atoms with Crippen molar-refractivity contribution in [3.05, 3.63) is 34.9 Å². The van der Waals surface area contributed by atoms with E-state index in [2.05, 4.69) is 5.32 Å². The first-order valence-corrected chi connectivity index (χ1v) is 9.90. The van der Waals surface area contributed by atoms with Crippen LogP contribution in [0.1, 0.15) is 18.4 Å². The molecule has 8 heteroatoms. The molecular formula is C16H23ClN2O4S. The van der Waals surface area contributed by atoms with Crippen LogP contribution in [0, 0.1) is 5.92 Å². The molecule has 0 saturated carbocycles. The highest BCUT2D eigenvalue weighted by Crippen LogP contribution is 2.20. The summed E-state index contributed by atoms with van der Waals surface area (Å²) < 4.78 is 30.7. The fraction of sp³-hybridized carbons (Fsp3) is 0.562. The number of carbonyl (C=O) groups is 1. The molecule has 24 heavy (non-hydrogen) atoms. The molecule has 2 rings (SSSR count). The summed E-state index contributed by atoms with van der Waals surface area (Å²) in [5.41, 5.74) is 0.952. The smallest absolute Gasteiger partial charge is 0.224 e. The van der Waals surface area contributed by atoms with E-state index in [4.69, 9.17) is 16.3 Å². The number of sulfonamides is 1. The molecule has 1 fully saturated rings. The van der Waals surface area contributed by atoms with Crippen LogP contribution in [0.25, 0.3) is 0 Å². The lowest BCUT2D eigenvalue weighted by molar-refractivity contribution is -0.126. The predicted octanol–water partition coefficient (Wildman–Crippen LogP) is 1.64. The van der Waals surface area contributed by atoms with Crippen molar-refractivity contribution in [2.75, 3.05) is 32.6 Å². The topological polar surface area (TPSA) is 75.7 Å². The van der Waals surface area contributed by atoms with Crippen molar-refractivity contribution < 1.29 is 17.9 Å². The van der Waals surface area contributed by atoms with Crippen LogP contribution in [-0.2, 0) is 26.1 Å². The van der Waals surface area contributed by atoms with E-state index in [1.807, 2.05) is 12.1 Å². The normalized spacial score (nSPS) is 19.2. The number of methoxy groups -OCH3 is 1. The highest BCUT2D eigenvalue weighted by molar-refractivity contribution is 7.89. The standard InChI is InChI=1S/C16H23ClN2O4S/c1-23-9-10-24(21,22)19-8-2-3-14(12-19)16(20)18-11-13-4-6-15(17)7-5-13/h4-7,14H,2-3,8-12H2,1H3,(H,18,20). The number of ether oxygens (including phenoxy) is 1. The first-order valence-electron chi connectivity index (χ1n) is 7.91. The van der Waals surface area contributed by atoms with Gasteiger partial charge in [-0.05, 0) is 30.5 Å². The van der Waals surface area contributed by atoms with Crippen molar-refractivity contribution in [3.63, 3.8) is 0 Å². The van der Waals surface area contributed by atoms with E-state index in [0.29, 0.717) is 31.0 Å². The summed E-state index contributed by atoms with van der Waals surface area (Å²) in [6.07, 6.45) is 1.38. The summed E-state index contributed by atoms with van der Waals surface area (Å²) in [7, 11) is -1.90. The molecule has 1 aromatic rings. The molecule has 1 aliphatic rings. The maximum Gasteiger partial charge on any atom is 0.224 e. The molecular weight excluding hydrogens is 352 g/mol. The Labute approximate surface area is 148 Å². The number of hydrogen-bond acceptors (Lipinski definition) is 4. The van der Waals surface area contributed by atoms with Gasteiger partial charge in [0.2, 0.25) is 15.9 Å². The monoisotopic (exact) mass is 374 g/mol. The van der Waals surface area contributed by atoms with Crippen molar-refractivity contribution in [1.82, 2.24) is 9.62 Å². The Balaban J connectivity index is 1.89. The quantitative estimate of drug-likeness (QED) is 0.787. The minimum atomic E-state index is -3.37. The van der Waals surface area contributed by atoms with E-state index in [1.165, 1.54) is 11.4 Å². The lowest BCUT2D eigenvalue weighted by atomic mass is 9.99. The third-order valence-corrected chi connectivity index (χ3v) is 6.13. The second-order valence-electron chi connectivity index (χ2n) is 5.85. The largest absolute Gasteiger partial charge is 0.384 e. The molecule has 1 N–H and O–H groups in total. The molecule has 1 heterocycles. The van der Waals surface area contributed by atoms with Gasteiger partial charge in [-0.2, -0.15) is 0 Å². The number of hydrogen-bond donors (Lipinski definition) is 1. The minimum absolute atomic E-state index is 0.0530. The van der Waals surface area contributed by atoms with E-state index in [9.17, 15) is 13.2 Å². The van der Waals surface area contributed by atoms with E-state index < -0.39 is 10.0 Å². The van der Waals surface area contributed by atoms with Gasteiger partial charge in [0.15, 0.2) is 0 Å². The molecule has 0 spiro atoms. The summed E-state index contributed by atoms with van der Waals surface area (Å²) in [5.74, 6) is -0.484. The van der Waals surface area contributed by atoms with Gasteiger partial charge >= 0.3 is 0 Å². The van der Waals surface area contributed by atoms with Crippen LogP contribution in [0.4, 0.5) is 0 Å². The van der Waals surface area contributed by atoms with Gasteiger partial charge < -0.3 is 10.1 Å². The lowest BCUT2D eigenvalue weighted by Gasteiger charge is -2.31. The Morgan fingerprint density at radius 3 is 2.75 bits per heavy atom. The zero-order chi connectivity index (χ0) is 17.6. The van der Waals surface area contributed by atoms with Crippen LogP contribution in [0.15, 0.2) is 24.3 Å². The predicted molar refractivity (Wildman–Crippen MR) is 93.3 cm³/mol. The summed E-state index contributed by atoms with van der Waals surface area (Å²) in [5, 5.41) is 3.52. The maximum atomic E-state index is 12.3. The molecule has 0 aromatic heterocycles. The van der Waals surface area contributed by atoms with Gasteiger partial charge in [-0.3, -0.25) is 4.79 Å². The number of benzene rings is 1. The number of carbonyl (C=O) groups excluding carboxylic acids is 1. The second kappa shape index (κ2) is 8.80. The maximum absolute atomic E-state index is 12.3. The Morgan fingerprint density at radius 1 is 1.38 bits per heavy atom. The van der Waals surface area contributed by atoms with Gasteiger partial charge in [0, 0.05) is 31.8 Å². The van der Waals surface area contributed by atoms with E-state index in [1.54, 1.807) is 12.1 Å². The fourth-order valence-corrected chi connectivity index (χ4v) is 4.24.